The number of hydrogen-bond acceptors (Lipinski definition) is 3. The molecule has 2 saturated heterocycles. The fourth-order valence-electron chi connectivity index (χ4n) is 2.94. The van der Waals surface area contributed by atoms with Crippen LogP contribution >= 0.6 is 0 Å². The smallest absolute Gasteiger partial charge is 0.243 e. The summed E-state index contributed by atoms with van der Waals surface area (Å²) in [5.41, 5.74) is -0.588. The molecule has 4 nitrogen and oxygen atoms in total. The first-order valence-corrected chi connectivity index (χ1v) is 5.90. The molecule has 0 spiro atoms. The normalized spacial score (nSPS) is 35.6. The highest BCUT2D eigenvalue weighted by Gasteiger charge is 2.57. The quantitative estimate of drug-likeness (QED) is 0.688. The molecule has 0 unspecified atom stereocenters. The largest absolute Gasteiger partial charge is 0.394 e. The number of hydrogen-bond donors (Lipinski definition) is 2. The zero-order chi connectivity index (χ0) is 10.9. The summed E-state index contributed by atoms with van der Waals surface area (Å²) in [5.74, 6) is 0.343. The second-order valence-electron chi connectivity index (χ2n) is 4.62. The molecule has 0 aromatic heterocycles. The molecular weight excluding hydrogens is 192 g/mol. The van der Waals surface area contributed by atoms with Gasteiger partial charge < -0.3 is 10.4 Å². The molecule has 0 saturated carbocycles. The third-order valence-electron chi connectivity index (χ3n) is 3.91. The molecule has 4 heteroatoms. The Balaban J connectivity index is 2.15. The third-order valence-corrected chi connectivity index (χ3v) is 3.91. The van der Waals surface area contributed by atoms with E-state index in [1.165, 1.54) is 0 Å². The van der Waals surface area contributed by atoms with E-state index in [4.69, 9.17) is 0 Å². The lowest BCUT2D eigenvalue weighted by molar-refractivity contribution is -0.131. The third kappa shape index (κ3) is 1.47. The van der Waals surface area contributed by atoms with Gasteiger partial charge in [-0.05, 0) is 25.9 Å². The second-order valence-corrected chi connectivity index (χ2v) is 4.62. The van der Waals surface area contributed by atoms with Crippen LogP contribution < -0.4 is 5.32 Å². The molecule has 15 heavy (non-hydrogen) atoms. The Morgan fingerprint density at radius 1 is 1.67 bits per heavy atom. The molecule has 2 atom stereocenters. The van der Waals surface area contributed by atoms with Crippen LogP contribution in [-0.4, -0.2) is 47.7 Å². The predicted molar refractivity (Wildman–Crippen MR) is 57.4 cm³/mol. The number of nitrogens with zero attached hydrogens (tertiary/aromatic N) is 1. The van der Waals surface area contributed by atoms with Gasteiger partial charge in [-0.3, -0.25) is 9.69 Å². The summed E-state index contributed by atoms with van der Waals surface area (Å²) < 4.78 is 0. The monoisotopic (exact) mass is 212 g/mol. The maximum Gasteiger partial charge on any atom is 0.243 e. The van der Waals surface area contributed by atoms with E-state index in [1.807, 2.05) is 0 Å². The summed E-state index contributed by atoms with van der Waals surface area (Å²) in [4.78, 5) is 14.1. The van der Waals surface area contributed by atoms with Crippen molar-refractivity contribution in [2.45, 2.75) is 31.7 Å². The highest BCUT2D eigenvalue weighted by Crippen LogP contribution is 2.38. The van der Waals surface area contributed by atoms with E-state index in [-0.39, 0.29) is 12.5 Å². The van der Waals surface area contributed by atoms with Crippen molar-refractivity contribution in [3.63, 3.8) is 0 Å². The van der Waals surface area contributed by atoms with E-state index in [2.05, 4.69) is 17.1 Å². The molecular formula is C11H20N2O2. The van der Waals surface area contributed by atoms with E-state index in [1.54, 1.807) is 0 Å². The minimum absolute atomic E-state index is 0.0311. The Hall–Kier alpha value is -0.610. The van der Waals surface area contributed by atoms with Gasteiger partial charge in [-0.2, -0.15) is 0 Å². The Kier molecular flexibility index (Phi) is 2.98. The molecule has 2 aliphatic rings. The van der Waals surface area contributed by atoms with Gasteiger partial charge in [0.15, 0.2) is 0 Å². The topological polar surface area (TPSA) is 52.6 Å². The van der Waals surface area contributed by atoms with Gasteiger partial charge in [0.1, 0.15) is 5.54 Å². The van der Waals surface area contributed by atoms with E-state index >= 15 is 0 Å². The summed E-state index contributed by atoms with van der Waals surface area (Å²) in [7, 11) is 0. The number of unbranched alkanes of at least 4 members (excludes halogenated alkanes) is 1. The first-order chi connectivity index (χ1) is 7.25. The average molecular weight is 212 g/mol. The lowest BCUT2D eigenvalue weighted by atomic mass is 9.88. The van der Waals surface area contributed by atoms with Gasteiger partial charge in [-0.25, -0.2) is 0 Å². The van der Waals surface area contributed by atoms with Crippen LogP contribution in [0.3, 0.4) is 0 Å². The fourth-order valence-corrected chi connectivity index (χ4v) is 2.94. The number of carbonyl (C=O) groups excluding carboxylic acids is 1. The molecule has 2 heterocycles. The van der Waals surface area contributed by atoms with Crippen molar-refractivity contribution < 1.29 is 9.90 Å². The van der Waals surface area contributed by atoms with Crippen LogP contribution in [0.1, 0.15) is 26.2 Å². The molecule has 2 fully saturated rings. The van der Waals surface area contributed by atoms with E-state index in [9.17, 15) is 9.90 Å². The Morgan fingerprint density at radius 2 is 2.47 bits per heavy atom. The first-order valence-electron chi connectivity index (χ1n) is 5.90. The molecule has 1 amide bonds. The molecule has 0 aromatic carbocycles. The lowest BCUT2D eigenvalue weighted by Crippen LogP contribution is -2.55. The summed E-state index contributed by atoms with van der Waals surface area (Å²) in [5, 5.41) is 12.4. The van der Waals surface area contributed by atoms with E-state index < -0.39 is 5.54 Å². The molecule has 0 radical (unpaired) electrons. The number of aliphatic hydroxyl groups is 1. The summed E-state index contributed by atoms with van der Waals surface area (Å²) >= 11 is 0. The van der Waals surface area contributed by atoms with Crippen molar-refractivity contribution >= 4 is 5.91 Å². The summed E-state index contributed by atoms with van der Waals surface area (Å²) in [6, 6.07) is 0. The Morgan fingerprint density at radius 3 is 3.13 bits per heavy atom. The number of aliphatic hydroxyl groups excluding tert-OH is 1. The molecule has 2 aliphatic heterocycles. The minimum atomic E-state index is -0.588. The van der Waals surface area contributed by atoms with Crippen molar-refractivity contribution in [1.29, 1.82) is 0 Å². The fraction of sp³-hybridized carbons (Fsp3) is 0.909. The number of rotatable bonds is 4. The zero-order valence-electron chi connectivity index (χ0n) is 9.33. The highest BCUT2D eigenvalue weighted by atomic mass is 16.3. The molecule has 0 aliphatic carbocycles. The average Bonchev–Trinajstić information content (AvgIpc) is 2.75. The predicted octanol–water partition coefficient (Wildman–Crippen LogP) is -0.0307. The van der Waals surface area contributed by atoms with Crippen LogP contribution in [0.2, 0.25) is 0 Å². The SMILES string of the molecule is CCCCN1CC[C@H]2CNC(=O)[C@]21CO. The first kappa shape index (κ1) is 10.9. The second kappa shape index (κ2) is 4.10. The van der Waals surface area contributed by atoms with Gasteiger partial charge in [0, 0.05) is 12.5 Å². The standard InChI is InChI=1S/C11H20N2O2/c1-2-3-5-13-6-4-9-7-12-10(15)11(9,13)8-14/h9,14H,2-8H2,1H3,(H,12,15)/t9-,11-/m0/s1. The number of likely N-dealkylation sites (tertiary alicyclic amines) is 1. The lowest BCUT2D eigenvalue weighted by Gasteiger charge is -2.34. The molecule has 0 aromatic rings. The molecule has 86 valence electrons. The van der Waals surface area contributed by atoms with E-state index in [0.29, 0.717) is 5.92 Å². The van der Waals surface area contributed by atoms with Gasteiger partial charge in [0.2, 0.25) is 5.91 Å². The maximum absolute atomic E-state index is 11.9. The van der Waals surface area contributed by atoms with Crippen LogP contribution in [0.5, 0.6) is 0 Å². The number of amides is 1. The van der Waals surface area contributed by atoms with Crippen molar-refractivity contribution in [1.82, 2.24) is 10.2 Å². The molecule has 2 N–H and O–H groups in total. The van der Waals surface area contributed by atoms with Crippen LogP contribution in [0.15, 0.2) is 0 Å². The molecule has 2 rings (SSSR count). The van der Waals surface area contributed by atoms with Gasteiger partial charge in [0.05, 0.1) is 6.61 Å². The zero-order valence-corrected chi connectivity index (χ0v) is 9.33. The van der Waals surface area contributed by atoms with E-state index in [0.717, 1.165) is 38.9 Å². The highest BCUT2D eigenvalue weighted by molar-refractivity contribution is 5.89. The number of carbonyl (C=O) groups is 1. The van der Waals surface area contributed by atoms with Crippen LogP contribution in [0.4, 0.5) is 0 Å². The van der Waals surface area contributed by atoms with Gasteiger partial charge in [-0.1, -0.05) is 13.3 Å². The minimum Gasteiger partial charge on any atom is -0.394 e. The van der Waals surface area contributed by atoms with Crippen molar-refractivity contribution in [2.24, 2.45) is 5.92 Å². The van der Waals surface area contributed by atoms with Crippen molar-refractivity contribution in [3.8, 4) is 0 Å². The number of fused-ring (bicyclic) bond motifs is 1. The number of nitrogens with one attached hydrogen (secondary N) is 1. The van der Waals surface area contributed by atoms with Gasteiger partial charge in [0.25, 0.3) is 0 Å². The maximum atomic E-state index is 11.9. The van der Waals surface area contributed by atoms with Crippen LogP contribution in [0, 0.1) is 5.92 Å². The van der Waals surface area contributed by atoms with Gasteiger partial charge >= 0.3 is 0 Å². The molecule has 0 bridgehead atoms. The van der Waals surface area contributed by atoms with Crippen molar-refractivity contribution in [3.05, 3.63) is 0 Å². The summed E-state index contributed by atoms with van der Waals surface area (Å²) in [6.45, 7) is 4.74. The van der Waals surface area contributed by atoms with Crippen molar-refractivity contribution in [2.75, 3.05) is 26.2 Å². The Bertz CT molecular complexity index is 257. The summed E-state index contributed by atoms with van der Waals surface area (Å²) in [6.07, 6.45) is 3.26. The van der Waals surface area contributed by atoms with Gasteiger partial charge in [-0.15, -0.1) is 0 Å². The Labute approximate surface area is 90.6 Å². The van der Waals surface area contributed by atoms with Crippen LogP contribution in [0.25, 0.3) is 0 Å². The van der Waals surface area contributed by atoms with Crippen LogP contribution in [-0.2, 0) is 4.79 Å².